The Morgan fingerprint density at radius 1 is 1.22 bits per heavy atom. The second-order valence-electron chi connectivity index (χ2n) is 4.93. The van der Waals surface area contributed by atoms with Crippen molar-refractivity contribution in [2.75, 3.05) is 5.75 Å². The summed E-state index contributed by atoms with van der Waals surface area (Å²) in [7, 11) is 0. The van der Waals surface area contributed by atoms with E-state index < -0.39 is 6.10 Å². The Labute approximate surface area is 116 Å². The molecule has 0 amide bonds. The summed E-state index contributed by atoms with van der Waals surface area (Å²) in [5.41, 5.74) is 2.06. The zero-order valence-electron chi connectivity index (χ0n) is 11.7. The Hall–Kier alpha value is -0.470. The second-order valence-corrected chi connectivity index (χ2v) is 5.91. The molecule has 18 heavy (non-hydrogen) atoms. The van der Waals surface area contributed by atoms with Gasteiger partial charge in [-0.3, -0.25) is 0 Å². The molecule has 1 nitrogen and oxygen atoms in total. The highest BCUT2D eigenvalue weighted by molar-refractivity contribution is 8.02. The van der Waals surface area contributed by atoms with Crippen LogP contribution in [0.4, 0.5) is 0 Å². The van der Waals surface area contributed by atoms with E-state index in [2.05, 4.69) is 12.3 Å². The Balaban J connectivity index is 2.10. The fraction of sp³-hybridized carbons (Fsp3) is 0.625. The summed E-state index contributed by atoms with van der Waals surface area (Å²) in [6.45, 7) is 4.22. The van der Waals surface area contributed by atoms with Gasteiger partial charge in [0.15, 0.2) is 0 Å². The standard InChI is InChI=1S/C16H26OS/c1-3-4-5-6-7-8-12-18-13-15-11-9-10-14(2)16(15)17/h9-11,13,16-17H,3-8,12H2,1-2H3. The van der Waals surface area contributed by atoms with Gasteiger partial charge in [0.2, 0.25) is 0 Å². The van der Waals surface area contributed by atoms with Crippen molar-refractivity contribution in [3.63, 3.8) is 0 Å². The largest absolute Gasteiger partial charge is 0.384 e. The lowest BCUT2D eigenvalue weighted by Gasteiger charge is -2.15. The highest BCUT2D eigenvalue weighted by atomic mass is 32.2. The molecule has 0 aromatic carbocycles. The first kappa shape index (κ1) is 15.6. The number of aliphatic hydroxyl groups excluding tert-OH is 1. The van der Waals surface area contributed by atoms with Gasteiger partial charge in [-0.2, -0.15) is 0 Å². The molecule has 102 valence electrons. The molecule has 1 rings (SSSR count). The summed E-state index contributed by atoms with van der Waals surface area (Å²) >= 11 is 1.83. The second kappa shape index (κ2) is 9.46. The fourth-order valence-corrected chi connectivity index (χ4v) is 2.87. The maximum atomic E-state index is 9.94. The quantitative estimate of drug-likeness (QED) is 0.634. The number of thioether (sulfide) groups is 1. The van der Waals surface area contributed by atoms with E-state index >= 15 is 0 Å². The molecule has 0 aromatic heterocycles. The third-order valence-electron chi connectivity index (χ3n) is 3.23. The van der Waals surface area contributed by atoms with Crippen LogP contribution in [0.15, 0.2) is 34.8 Å². The molecular formula is C16H26OS. The van der Waals surface area contributed by atoms with E-state index in [0.29, 0.717) is 0 Å². The highest BCUT2D eigenvalue weighted by Crippen LogP contribution is 2.22. The lowest BCUT2D eigenvalue weighted by atomic mass is 9.99. The van der Waals surface area contributed by atoms with Gasteiger partial charge < -0.3 is 5.11 Å². The summed E-state index contributed by atoms with van der Waals surface area (Å²) in [5, 5.41) is 12.1. The average molecular weight is 266 g/mol. The van der Waals surface area contributed by atoms with E-state index in [-0.39, 0.29) is 0 Å². The van der Waals surface area contributed by atoms with Crippen molar-refractivity contribution in [1.29, 1.82) is 0 Å². The number of hydrogen-bond donors (Lipinski definition) is 1. The molecule has 0 radical (unpaired) electrons. The van der Waals surface area contributed by atoms with Crippen LogP contribution in [-0.4, -0.2) is 17.0 Å². The van der Waals surface area contributed by atoms with Gasteiger partial charge in [0.1, 0.15) is 6.10 Å². The summed E-state index contributed by atoms with van der Waals surface area (Å²) in [6, 6.07) is 0. The van der Waals surface area contributed by atoms with Crippen molar-refractivity contribution in [3.05, 3.63) is 34.8 Å². The van der Waals surface area contributed by atoms with Gasteiger partial charge in [-0.25, -0.2) is 0 Å². The third kappa shape index (κ3) is 5.92. The van der Waals surface area contributed by atoms with Crippen molar-refractivity contribution in [1.82, 2.24) is 0 Å². The van der Waals surface area contributed by atoms with Gasteiger partial charge in [-0.15, -0.1) is 11.8 Å². The minimum atomic E-state index is -0.396. The van der Waals surface area contributed by atoms with Crippen LogP contribution in [0.2, 0.25) is 0 Å². The van der Waals surface area contributed by atoms with Gasteiger partial charge >= 0.3 is 0 Å². The maximum absolute atomic E-state index is 9.94. The van der Waals surface area contributed by atoms with Crippen LogP contribution >= 0.6 is 11.8 Å². The zero-order chi connectivity index (χ0) is 13.2. The number of unbranched alkanes of at least 4 members (excludes halogenated alkanes) is 5. The first-order valence-electron chi connectivity index (χ1n) is 7.10. The molecular weight excluding hydrogens is 240 g/mol. The van der Waals surface area contributed by atoms with Crippen LogP contribution in [-0.2, 0) is 0 Å². The van der Waals surface area contributed by atoms with E-state index in [9.17, 15) is 5.11 Å². The van der Waals surface area contributed by atoms with Gasteiger partial charge in [0, 0.05) is 0 Å². The Kier molecular flexibility index (Phi) is 8.19. The van der Waals surface area contributed by atoms with E-state index in [4.69, 9.17) is 0 Å². The number of hydrogen-bond acceptors (Lipinski definition) is 2. The van der Waals surface area contributed by atoms with Crippen LogP contribution in [0.5, 0.6) is 0 Å². The predicted molar refractivity (Wildman–Crippen MR) is 82.8 cm³/mol. The van der Waals surface area contributed by atoms with Crippen molar-refractivity contribution in [3.8, 4) is 0 Å². The molecule has 1 atom stereocenters. The predicted octanol–water partition coefficient (Wildman–Crippen LogP) is 4.84. The first-order valence-corrected chi connectivity index (χ1v) is 8.15. The molecule has 0 spiro atoms. The molecule has 0 bridgehead atoms. The van der Waals surface area contributed by atoms with Crippen LogP contribution in [0, 0.1) is 0 Å². The van der Waals surface area contributed by atoms with Crippen molar-refractivity contribution >= 4 is 11.8 Å². The molecule has 0 heterocycles. The van der Waals surface area contributed by atoms with Gasteiger partial charge in [0.25, 0.3) is 0 Å². The van der Waals surface area contributed by atoms with Crippen molar-refractivity contribution in [2.24, 2.45) is 0 Å². The van der Waals surface area contributed by atoms with Crippen LogP contribution in [0.1, 0.15) is 52.4 Å². The summed E-state index contributed by atoms with van der Waals surface area (Å²) < 4.78 is 0. The van der Waals surface area contributed by atoms with E-state index in [1.165, 1.54) is 44.3 Å². The molecule has 1 aliphatic carbocycles. The SMILES string of the molecule is CCCCCCCCSC=C1C=CC=C(C)C1O. The van der Waals surface area contributed by atoms with E-state index in [0.717, 1.165) is 11.1 Å². The van der Waals surface area contributed by atoms with Crippen LogP contribution in [0.25, 0.3) is 0 Å². The molecule has 0 saturated heterocycles. The van der Waals surface area contributed by atoms with Crippen molar-refractivity contribution < 1.29 is 5.11 Å². The Bertz CT molecular complexity index is 315. The minimum Gasteiger partial charge on any atom is -0.384 e. The molecule has 1 aliphatic rings. The lowest BCUT2D eigenvalue weighted by Crippen LogP contribution is -2.12. The average Bonchev–Trinajstić information content (AvgIpc) is 2.37. The first-order chi connectivity index (χ1) is 8.75. The molecule has 0 saturated carbocycles. The smallest absolute Gasteiger partial charge is 0.101 e. The van der Waals surface area contributed by atoms with Crippen molar-refractivity contribution in [2.45, 2.75) is 58.5 Å². The molecule has 0 fully saturated rings. The zero-order valence-corrected chi connectivity index (χ0v) is 12.5. The number of aliphatic hydroxyl groups is 1. The molecule has 1 N–H and O–H groups in total. The molecule has 0 aromatic rings. The van der Waals surface area contributed by atoms with Gasteiger partial charge in [0.05, 0.1) is 0 Å². The minimum absolute atomic E-state index is 0.396. The fourth-order valence-electron chi connectivity index (χ4n) is 1.98. The van der Waals surface area contributed by atoms with Gasteiger partial charge in [-0.05, 0) is 35.7 Å². The topological polar surface area (TPSA) is 20.2 Å². The van der Waals surface area contributed by atoms with Crippen LogP contribution in [0.3, 0.4) is 0 Å². The van der Waals surface area contributed by atoms with Gasteiger partial charge in [-0.1, -0.05) is 57.3 Å². The third-order valence-corrected chi connectivity index (χ3v) is 4.19. The lowest BCUT2D eigenvalue weighted by molar-refractivity contribution is 0.250. The number of rotatable bonds is 8. The molecule has 0 aliphatic heterocycles. The number of allylic oxidation sites excluding steroid dienone is 2. The highest BCUT2D eigenvalue weighted by Gasteiger charge is 2.12. The maximum Gasteiger partial charge on any atom is 0.101 e. The summed E-state index contributed by atoms with van der Waals surface area (Å²) in [4.78, 5) is 0. The van der Waals surface area contributed by atoms with Crippen LogP contribution < -0.4 is 0 Å². The molecule has 1 unspecified atom stereocenters. The summed E-state index contributed by atoms with van der Waals surface area (Å²) in [5.74, 6) is 1.17. The van der Waals surface area contributed by atoms with E-state index in [1.807, 2.05) is 36.9 Å². The monoisotopic (exact) mass is 266 g/mol. The Morgan fingerprint density at radius 3 is 2.72 bits per heavy atom. The summed E-state index contributed by atoms with van der Waals surface area (Å²) in [6.07, 6.45) is 13.7. The molecule has 2 heteroatoms. The Morgan fingerprint density at radius 2 is 1.94 bits per heavy atom. The van der Waals surface area contributed by atoms with E-state index in [1.54, 1.807) is 0 Å². The normalized spacial score (nSPS) is 21.4.